The molecular formula is C28H41N3O3. The highest BCUT2D eigenvalue weighted by Gasteiger charge is 2.52. The average molecular weight is 468 g/mol. The number of piperazine rings is 1. The van der Waals surface area contributed by atoms with Crippen LogP contribution in [0.3, 0.4) is 0 Å². The molecule has 0 aromatic heterocycles. The molecule has 2 saturated heterocycles. The molecule has 0 radical (unpaired) electrons. The lowest BCUT2D eigenvalue weighted by atomic mass is 9.59. The first-order chi connectivity index (χ1) is 16.4. The quantitative estimate of drug-likeness (QED) is 0.657. The summed E-state index contributed by atoms with van der Waals surface area (Å²) in [6, 6.07) is 9.69. The van der Waals surface area contributed by atoms with Gasteiger partial charge < -0.3 is 14.9 Å². The van der Waals surface area contributed by atoms with Crippen molar-refractivity contribution in [3.63, 3.8) is 0 Å². The lowest BCUT2D eigenvalue weighted by Gasteiger charge is -2.58. The van der Waals surface area contributed by atoms with Crippen LogP contribution in [-0.4, -0.2) is 70.1 Å². The fourth-order valence-electron chi connectivity index (χ4n) is 7.29. The number of nitrogens with zero attached hydrogens (tertiary/aromatic N) is 3. The third kappa shape index (κ3) is 4.46. The summed E-state index contributed by atoms with van der Waals surface area (Å²) in [6.07, 6.45) is 9.44. The molecule has 2 aliphatic heterocycles. The maximum Gasteiger partial charge on any atom is 0.407 e. The summed E-state index contributed by atoms with van der Waals surface area (Å²) in [5.41, 5.74) is 2.91. The number of benzene rings is 1. The number of hydrogen-bond acceptors (Lipinski definition) is 3. The Bertz CT molecular complexity index is 894. The van der Waals surface area contributed by atoms with E-state index in [4.69, 9.17) is 0 Å². The highest BCUT2D eigenvalue weighted by atomic mass is 16.4. The number of rotatable bonds is 4. The Kier molecular flexibility index (Phi) is 6.62. The van der Waals surface area contributed by atoms with Crippen LogP contribution in [0.15, 0.2) is 24.3 Å². The van der Waals surface area contributed by atoms with E-state index < -0.39 is 6.09 Å². The summed E-state index contributed by atoms with van der Waals surface area (Å²) in [7, 11) is 0. The monoisotopic (exact) mass is 467 g/mol. The number of carbonyl (C=O) groups excluding carboxylic acids is 1. The van der Waals surface area contributed by atoms with E-state index in [1.54, 1.807) is 4.90 Å². The smallest absolute Gasteiger partial charge is 0.407 e. The van der Waals surface area contributed by atoms with Crippen molar-refractivity contribution >= 4 is 12.0 Å². The zero-order valence-corrected chi connectivity index (χ0v) is 20.9. The van der Waals surface area contributed by atoms with Gasteiger partial charge in [-0.15, -0.1) is 0 Å². The van der Waals surface area contributed by atoms with Gasteiger partial charge >= 0.3 is 6.09 Å². The van der Waals surface area contributed by atoms with Crippen LogP contribution >= 0.6 is 0 Å². The number of carboxylic acid groups (broad SMARTS) is 1. The molecule has 1 aromatic rings. The third-order valence-corrected chi connectivity index (χ3v) is 9.26. The minimum atomic E-state index is -0.801. The van der Waals surface area contributed by atoms with Gasteiger partial charge in [0.2, 0.25) is 5.91 Å². The van der Waals surface area contributed by atoms with Crippen LogP contribution in [0.4, 0.5) is 4.79 Å². The molecule has 4 aliphatic rings. The van der Waals surface area contributed by atoms with Crippen LogP contribution in [0.5, 0.6) is 0 Å². The highest BCUT2D eigenvalue weighted by Crippen LogP contribution is 2.53. The summed E-state index contributed by atoms with van der Waals surface area (Å²) in [4.78, 5) is 31.4. The molecule has 2 saturated carbocycles. The summed E-state index contributed by atoms with van der Waals surface area (Å²) in [5, 5.41) is 9.32. The van der Waals surface area contributed by atoms with E-state index in [1.165, 1.54) is 43.2 Å². The molecule has 0 bridgehead atoms. The predicted molar refractivity (Wildman–Crippen MR) is 133 cm³/mol. The molecule has 4 fully saturated rings. The minimum absolute atomic E-state index is 0.114. The van der Waals surface area contributed by atoms with Crippen molar-refractivity contribution in [1.29, 1.82) is 0 Å². The Morgan fingerprint density at radius 3 is 2.35 bits per heavy atom. The van der Waals surface area contributed by atoms with Gasteiger partial charge in [-0.1, -0.05) is 57.4 Å². The number of likely N-dealkylation sites (tertiary alicyclic amines) is 1. The van der Waals surface area contributed by atoms with Crippen LogP contribution in [0, 0.1) is 5.41 Å². The van der Waals surface area contributed by atoms with Gasteiger partial charge in [-0.2, -0.15) is 0 Å². The topological polar surface area (TPSA) is 64.1 Å². The number of hydrogen-bond donors (Lipinski definition) is 1. The molecule has 1 spiro atoms. The Morgan fingerprint density at radius 1 is 1.03 bits per heavy atom. The van der Waals surface area contributed by atoms with E-state index in [-0.39, 0.29) is 17.5 Å². The zero-order chi connectivity index (χ0) is 23.9. The second kappa shape index (κ2) is 9.52. The molecule has 2 aliphatic carbocycles. The molecule has 186 valence electrons. The molecule has 6 heteroatoms. The van der Waals surface area contributed by atoms with Gasteiger partial charge in [-0.25, -0.2) is 4.79 Å². The Morgan fingerprint density at radius 2 is 1.71 bits per heavy atom. The fourth-order valence-corrected chi connectivity index (χ4v) is 7.29. The van der Waals surface area contributed by atoms with E-state index in [0.717, 1.165) is 32.2 Å². The van der Waals surface area contributed by atoms with Gasteiger partial charge in [0.1, 0.15) is 0 Å². The lowest BCUT2D eigenvalue weighted by molar-refractivity contribution is -0.155. The molecule has 2 amide bonds. The fraction of sp³-hybridized carbons (Fsp3) is 0.714. The summed E-state index contributed by atoms with van der Waals surface area (Å²) in [6.45, 7) is 7.26. The first kappa shape index (κ1) is 23.7. The van der Waals surface area contributed by atoms with Gasteiger partial charge in [0.05, 0.1) is 12.6 Å². The first-order valence-corrected chi connectivity index (χ1v) is 13.5. The zero-order valence-electron chi connectivity index (χ0n) is 20.9. The van der Waals surface area contributed by atoms with Crippen LogP contribution in [-0.2, 0) is 4.79 Å². The van der Waals surface area contributed by atoms with Crippen molar-refractivity contribution in [2.24, 2.45) is 5.41 Å². The maximum atomic E-state index is 13.8. The van der Waals surface area contributed by atoms with Gasteiger partial charge in [-0.3, -0.25) is 9.69 Å². The summed E-state index contributed by atoms with van der Waals surface area (Å²) in [5.74, 6) is 0.717. The van der Waals surface area contributed by atoms with Crippen molar-refractivity contribution in [2.75, 3.05) is 26.2 Å². The van der Waals surface area contributed by atoms with Crippen LogP contribution in [0.2, 0.25) is 0 Å². The standard InChI is InChI=1S/C28H41N3O3/c1-20(2)23-10-6-7-11-24(23)25-18-30(21-8-4-3-5-9-21)19-26(32)31(25)22-16-28(17-22)12-14-29(15-13-28)27(33)34/h6-7,10-11,20-22,25H,3-5,8-9,12-19H2,1-2H3,(H,33,34). The lowest BCUT2D eigenvalue weighted by Crippen LogP contribution is -2.63. The normalized spacial score (nSPS) is 26.8. The van der Waals surface area contributed by atoms with E-state index in [0.29, 0.717) is 37.5 Å². The molecule has 6 nitrogen and oxygen atoms in total. The molecular weight excluding hydrogens is 426 g/mol. The Labute approximate surface area is 204 Å². The number of piperidine rings is 1. The van der Waals surface area contributed by atoms with E-state index in [1.807, 2.05) is 0 Å². The molecule has 1 N–H and O–H groups in total. The molecule has 1 aromatic carbocycles. The average Bonchev–Trinajstić information content (AvgIpc) is 2.83. The van der Waals surface area contributed by atoms with Gasteiger partial charge in [0.15, 0.2) is 0 Å². The number of carbonyl (C=O) groups is 2. The Hall–Kier alpha value is -2.08. The van der Waals surface area contributed by atoms with Crippen molar-refractivity contribution in [3.05, 3.63) is 35.4 Å². The Balaban J connectivity index is 1.37. The molecule has 34 heavy (non-hydrogen) atoms. The SMILES string of the molecule is CC(C)c1ccccc1C1CN(C2CCCCC2)CC(=O)N1C1CC2(CCN(C(=O)O)CC2)C1. The van der Waals surface area contributed by atoms with Crippen LogP contribution < -0.4 is 0 Å². The highest BCUT2D eigenvalue weighted by molar-refractivity contribution is 5.80. The molecule has 1 unspecified atom stereocenters. The van der Waals surface area contributed by atoms with Crippen molar-refractivity contribution in [1.82, 2.24) is 14.7 Å². The van der Waals surface area contributed by atoms with Crippen LogP contribution in [0.25, 0.3) is 0 Å². The minimum Gasteiger partial charge on any atom is -0.465 e. The molecule has 5 rings (SSSR count). The van der Waals surface area contributed by atoms with E-state index >= 15 is 0 Å². The van der Waals surface area contributed by atoms with Gasteiger partial charge in [-0.05, 0) is 61.0 Å². The van der Waals surface area contributed by atoms with Crippen molar-refractivity contribution in [2.45, 2.75) is 95.7 Å². The van der Waals surface area contributed by atoms with E-state index in [9.17, 15) is 14.7 Å². The third-order valence-electron chi connectivity index (χ3n) is 9.26. The summed E-state index contributed by atoms with van der Waals surface area (Å²) < 4.78 is 0. The second-order valence-corrected chi connectivity index (χ2v) is 11.7. The second-order valence-electron chi connectivity index (χ2n) is 11.7. The number of amides is 2. The predicted octanol–water partition coefficient (Wildman–Crippen LogP) is 5.25. The summed E-state index contributed by atoms with van der Waals surface area (Å²) >= 11 is 0. The van der Waals surface area contributed by atoms with Gasteiger partial charge in [0, 0.05) is 31.7 Å². The molecule has 1 atom stereocenters. The molecule has 2 heterocycles. The van der Waals surface area contributed by atoms with E-state index in [2.05, 4.69) is 47.9 Å². The van der Waals surface area contributed by atoms with Crippen molar-refractivity contribution in [3.8, 4) is 0 Å². The van der Waals surface area contributed by atoms with Crippen LogP contribution in [0.1, 0.15) is 94.7 Å². The van der Waals surface area contributed by atoms with Crippen molar-refractivity contribution < 1.29 is 14.7 Å². The first-order valence-electron chi connectivity index (χ1n) is 13.5. The largest absolute Gasteiger partial charge is 0.465 e. The maximum absolute atomic E-state index is 13.8. The van der Waals surface area contributed by atoms with Gasteiger partial charge in [0.25, 0.3) is 0 Å².